The maximum absolute atomic E-state index is 10.7. The van der Waals surface area contributed by atoms with E-state index in [1.807, 2.05) is 38.1 Å². The van der Waals surface area contributed by atoms with E-state index in [0.29, 0.717) is 12.6 Å². The molecule has 1 aromatic rings. The van der Waals surface area contributed by atoms with E-state index in [9.17, 15) is 4.79 Å². The molecule has 0 aromatic heterocycles. The molecule has 0 radical (unpaired) electrons. The van der Waals surface area contributed by atoms with Crippen molar-refractivity contribution in [1.29, 1.82) is 0 Å². The molecule has 1 aromatic carbocycles. The van der Waals surface area contributed by atoms with Crippen molar-refractivity contribution in [3.8, 4) is 5.75 Å². The predicted molar refractivity (Wildman–Crippen MR) is 80.0 cm³/mol. The second-order valence-electron chi connectivity index (χ2n) is 5.52. The van der Waals surface area contributed by atoms with E-state index < -0.39 is 5.97 Å². The minimum atomic E-state index is -0.757. The van der Waals surface area contributed by atoms with E-state index >= 15 is 0 Å². The second kappa shape index (κ2) is 7.90. The van der Waals surface area contributed by atoms with Crippen LogP contribution in [0.4, 0.5) is 0 Å². The summed E-state index contributed by atoms with van der Waals surface area (Å²) in [5.74, 6) is 0.104. The molecule has 0 saturated heterocycles. The van der Waals surface area contributed by atoms with Crippen molar-refractivity contribution in [1.82, 2.24) is 4.90 Å². The van der Waals surface area contributed by atoms with Gasteiger partial charge in [-0.1, -0.05) is 12.1 Å². The van der Waals surface area contributed by atoms with Gasteiger partial charge in [-0.25, -0.2) is 0 Å². The van der Waals surface area contributed by atoms with Crippen molar-refractivity contribution < 1.29 is 14.6 Å². The quantitative estimate of drug-likeness (QED) is 0.794. The number of aliphatic carboxylic acids is 1. The first-order valence-electron chi connectivity index (χ1n) is 7.10. The number of nitrogens with zero attached hydrogens (tertiary/aromatic N) is 1. The Hall–Kier alpha value is -1.55. The number of carboxylic acid groups (broad SMARTS) is 1. The first-order chi connectivity index (χ1) is 9.38. The first-order valence-corrected chi connectivity index (χ1v) is 7.10. The predicted octanol–water partition coefficient (Wildman–Crippen LogP) is 3.16. The van der Waals surface area contributed by atoms with Crippen LogP contribution < -0.4 is 4.74 Å². The van der Waals surface area contributed by atoms with Crippen LogP contribution in [0.25, 0.3) is 0 Å². The minimum Gasteiger partial charge on any atom is -0.491 e. The van der Waals surface area contributed by atoms with E-state index in [0.717, 1.165) is 17.9 Å². The van der Waals surface area contributed by atoms with Gasteiger partial charge < -0.3 is 9.84 Å². The molecule has 0 atom stereocenters. The minimum absolute atomic E-state index is 0.151. The fourth-order valence-electron chi connectivity index (χ4n) is 1.98. The zero-order chi connectivity index (χ0) is 15.1. The van der Waals surface area contributed by atoms with Gasteiger partial charge in [0.25, 0.3) is 0 Å². The van der Waals surface area contributed by atoms with Crippen molar-refractivity contribution >= 4 is 5.97 Å². The Balaban J connectivity index is 2.70. The number of ether oxygens (including phenoxy) is 1. The lowest BCUT2D eigenvalue weighted by Gasteiger charge is -2.26. The average molecular weight is 279 g/mol. The third-order valence-corrected chi connectivity index (χ3v) is 3.00. The summed E-state index contributed by atoms with van der Waals surface area (Å²) in [7, 11) is 0. The van der Waals surface area contributed by atoms with Crippen LogP contribution in [-0.4, -0.2) is 34.7 Å². The molecule has 20 heavy (non-hydrogen) atoms. The molecule has 0 unspecified atom stereocenters. The van der Waals surface area contributed by atoms with E-state index in [4.69, 9.17) is 9.84 Å². The Bertz CT molecular complexity index is 429. The summed E-state index contributed by atoms with van der Waals surface area (Å²) < 4.78 is 5.68. The summed E-state index contributed by atoms with van der Waals surface area (Å²) >= 11 is 0. The highest BCUT2D eigenvalue weighted by atomic mass is 16.5. The normalized spacial score (nSPS) is 11.3. The standard InChI is InChI=1S/C16H25NO3/c1-12(2)17(9-8-16(18)19)11-14-6-5-7-15(10-14)20-13(3)4/h5-7,10,12-13H,8-9,11H2,1-4H3,(H,18,19). The van der Waals surface area contributed by atoms with E-state index in [1.165, 1.54) is 0 Å². The maximum Gasteiger partial charge on any atom is 0.304 e. The molecule has 0 saturated carbocycles. The van der Waals surface area contributed by atoms with Gasteiger partial charge in [-0.05, 0) is 45.4 Å². The summed E-state index contributed by atoms with van der Waals surface area (Å²) in [4.78, 5) is 12.9. The van der Waals surface area contributed by atoms with Crippen LogP contribution in [0.3, 0.4) is 0 Å². The summed E-state index contributed by atoms with van der Waals surface area (Å²) in [5, 5.41) is 8.81. The monoisotopic (exact) mass is 279 g/mol. The largest absolute Gasteiger partial charge is 0.491 e. The topological polar surface area (TPSA) is 49.8 Å². The Morgan fingerprint density at radius 2 is 2.00 bits per heavy atom. The fourth-order valence-corrected chi connectivity index (χ4v) is 1.98. The molecule has 0 aliphatic heterocycles. The van der Waals surface area contributed by atoms with Gasteiger partial charge in [0.15, 0.2) is 0 Å². The Morgan fingerprint density at radius 3 is 2.55 bits per heavy atom. The van der Waals surface area contributed by atoms with Crippen LogP contribution in [-0.2, 0) is 11.3 Å². The molecule has 0 bridgehead atoms. The van der Waals surface area contributed by atoms with Gasteiger partial charge in [-0.2, -0.15) is 0 Å². The zero-order valence-corrected chi connectivity index (χ0v) is 12.8. The second-order valence-corrected chi connectivity index (χ2v) is 5.52. The third kappa shape index (κ3) is 6.06. The molecule has 0 amide bonds. The molecule has 4 nitrogen and oxygen atoms in total. The summed E-state index contributed by atoms with van der Waals surface area (Å²) in [5.41, 5.74) is 1.14. The first kappa shape index (κ1) is 16.5. The summed E-state index contributed by atoms with van der Waals surface area (Å²) in [6.07, 6.45) is 0.318. The lowest BCUT2D eigenvalue weighted by molar-refractivity contribution is -0.137. The molecule has 0 spiro atoms. The number of hydrogen-bond acceptors (Lipinski definition) is 3. The molecule has 1 N–H and O–H groups in total. The van der Waals surface area contributed by atoms with Crippen LogP contribution in [0.5, 0.6) is 5.75 Å². The Morgan fingerprint density at radius 1 is 1.30 bits per heavy atom. The van der Waals surface area contributed by atoms with Crippen LogP contribution in [0, 0.1) is 0 Å². The van der Waals surface area contributed by atoms with Crippen molar-refractivity contribution in [2.75, 3.05) is 6.54 Å². The van der Waals surface area contributed by atoms with Crippen LogP contribution in [0.15, 0.2) is 24.3 Å². The highest BCUT2D eigenvalue weighted by molar-refractivity contribution is 5.66. The molecular weight excluding hydrogens is 254 g/mol. The maximum atomic E-state index is 10.7. The van der Waals surface area contributed by atoms with Gasteiger partial charge in [0.05, 0.1) is 12.5 Å². The molecule has 0 fully saturated rings. The van der Waals surface area contributed by atoms with Crippen molar-refractivity contribution in [3.63, 3.8) is 0 Å². The van der Waals surface area contributed by atoms with Crippen molar-refractivity contribution in [3.05, 3.63) is 29.8 Å². The van der Waals surface area contributed by atoms with E-state index in [-0.39, 0.29) is 12.5 Å². The van der Waals surface area contributed by atoms with Gasteiger partial charge >= 0.3 is 5.97 Å². The molecule has 112 valence electrons. The molecule has 0 aliphatic rings. The van der Waals surface area contributed by atoms with E-state index in [2.05, 4.69) is 18.7 Å². The SMILES string of the molecule is CC(C)Oc1cccc(CN(CCC(=O)O)C(C)C)c1. The number of rotatable bonds is 8. The summed E-state index contributed by atoms with van der Waals surface area (Å²) in [6.45, 7) is 9.45. The van der Waals surface area contributed by atoms with Gasteiger partial charge in [-0.3, -0.25) is 9.69 Å². The Labute approximate surface area is 121 Å². The smallest absolute Gasteiger partial charge is 0.304 e. The van der Waals surface area contributed by atoms with Crippen LogP contribution >= 0.6 is 0 Å². The fraction of sp³-hybridized carbons (Fsp3) is 0.562. The molecule has 1 rings (SSSR count). The highest BCUT2D eigenvalue weighted by Gasteiger charge is 2.12. The lowest BCUT2D eigenvalue weighted by Crippen LogP contribution is -2.32. The van der Waals surface area contributed by atoms with E-state index in [1.54, 1.807) is 0 Å². The zero-order valence-electron chi connectivity index (χ0n) is 12.8. The molecule has 0 aliphatic carbocycles. The van der Waals surface area contributed by atoms with Crippen LogP contribution in [0.1, 0.15) is 39.7 Å². The highest BCUT2D eigenvalue weighted by Crippen LogP contribution is 2.17. The number of benzene rings is 1. The third-order valence-electron chi connectivity index (χ3n) is 3.00. The van der Waals surface area contributed by atoms with Gasteiger partial charge in [0, 0.05) is 19.1 Å². The molecule has 4 heteroatoms. The Kier molecular flexibility index (Phi) is 6.52. The molecular formula is C16H25NO3. The van der Waals surface area contributed by atoms with Crippen molar-refractivity contribution in [2.24, 2.45) is 0 Å². The molecule has 0 heterocycles. The van der Waals surface area contributed by atoms with Gasteiger partial charge in [-0.15, -0.1) is 0 Å². The van der Waals surface area contributed by atoms with Crippen molar-refractivity contribution in [2.45, 2.75) is 52.8 Å². The number of hydrogen-bond donors (Lipinski definition) is 1. The van der Waals surface area contributed by atoms with Crippen LogP contribution in [0.2, 0.25) is 0 Å². The van der Waals surface area contributed by atoms with Gasteiger partial charge in [0.1, 0.15) is 5.75 Å². The van der Waals surface area contributed by atoms with Gasteiger partial charge in [0.2, 0.25) is 0 Å². The summed E-state index contributed by atoms with van der Waals surface area (Å²) in [6, 6.07) is 8.30. The average Bonchev–Trinajstić information content (AvgIpc) is 2.33. The number of carbonyl (C=O) groups is 1. The lowest BCUT2D eigenvalue weighted by atomic mass is 10.1. The number of carboxylic acids is 1.